The maximum absolute atomic E-state index is 13.3. The van der Waals surface area contributed by atoms with Crippen molar-refractivity contribution < 1.29 is 14.3 Å². The lowest BCUT2D eigenvalue weighted by Crippen LogP contribution is -2.35. The zero-order valence-corrected chi connectivity index (χ0v) is 20.1. The summed E-state index contributed by atoms with van der Waals surface area (Å²) in [6.07, 6.45) is 0. The van der Waals surface area contributed by atoms with E-state index in [1.165, 1.54) is 0 Å². The van der Waals surface area contributed by atoms with Gasteiger partial charge in [-0.3, -0.25) is 4.79 Å². The third-order valence-electron chi connectivity index (χ3n) is 6.16. The van der Waals surface area contributed by atoms with Crippen LogP contribution in [0, 0.1) is 13.8 Å². The minimum absolute atomic E-state index is 0.110. The normalized spacial score (nSPS) is 12.1. The molecule has 0 bridgehead atoms. The molecule has 2 N–H and O–H groups in total. The van der Waals surface area contributed by atoms with Crippen LogP contribution in [0.5, 0.6) is 11.5 Å². The van der Waals surface area contributed by atoms with Crippen molar-refractivity contribution in [2.24, 2.45) is 0 Å². The Morgan fingerprint density at radius 3 is 2.69 bits per heavy atom. The van der Waals surface area contributed by atoms with E-state index in [0.29, 0.717) is 27.8 Å². The van der Waals surface area contributed by atoms with Gasteiger partial charge < -0.3 is 24.7 Å². The summed E-state index contributed by atoms with van der Waals surface area (Å²) >= 11 is 6.09. The fourth-order valence-corrected chi connectivity index (χ4v) is 4.31. The Hall–Kier alpha value is -3.97. The lowest BCUT2D eigenvalue weighted by Gasteiger charge is -2.23. The molecule has 2 heterocycles. The molecule has 7 nitrogen and oxygen atoms in total. The van der Waals surface area contributed by atoms with Gasteiger partial charge in [-0.2, -0.15) is 0 Å². The van der Waals surface area contributed by atoms with Crippen molar-refractivity contribution in [3.63, 3.8) is 0 Å². The maximum atomic E-state index is 13.3. The van der Waals surface area contributed by atoms with Crippen LogP contribution >= 0.6 is 11.6 Å². The fraction of sp³-hybridized carbons (Fsp3) is 0.185. The van der Waals surface area contributed by atoms with Gasteiger partial charge in [0, 0.05) is 22.8 Å². The Bertz CT molecular complexity index is 1500. The molecule has 35 heavy (non-hydrogen) atoms. The number of halogens is 1. The summed E-state index contributed by atoms with van der Waals surface area (Å²) in [5, 5.41) is 4.32. The molecule has 0 atom stereocenters. The smallest absolute Gasteiger partial charge is 0.322 e. The van der Waals surface area contributed by atoms with Crippen LogP contribution in [0.1, 0.15) is 22.3 Å². The number of aryl methyl sites for hydroxylation is 2. The number of hydrogen-bond donors (Lipinski definition) is 2. The molecule has 4 aromatic rings. The van der Waals surface area contributed by atoms with Gasteiger partial charge in [-0.1, -0.05) is 35.9 Å². The van der Waals surface area contributed by atoms with E-state index in [4.69, 9.17) is 21.1 Å². The molecule has 3 aromatic carbocycles. The number of H-pyrrole nitrogens is 1. The lowest BCUT2D eigenvalue weighted by atomic mass is 10.0. The van der Waals surface area contributed by atoms with Crippen LogP contribution < -0.4 is 20.3 Å². The number of amides is 2. The van der Waals surface area contributed by atoms with E-state index in [1.54, 1.807) is 29.2 Å². The van der Waals surface area contributed by atoms with Crippen molar-refractivity contribution in [3.8, 4) is 11.5 Å². The number of aromatic amines is 1. The third kappa shape index (κ3) is 4.81. The van der Waals surface area contributed by atoms with E-state index in [2.05, 4.69) is 10.3 Å². The summed E-state index contributed by atoms with van der Waals surface area (Å²) < 4.78 is 10.9. The summed E-state index contributed by atoms with van der Waals surface area (Å²) in [7, 11) is 0. The van der Waals surface area contributed by atoms with E-state index >= 15 is 0 Å². The van der Waals surface area contributed by atoms with E-state index in [0.717, 1.165) is 27.6 Å². The molecule has 0 fully saturated rings. The molecular formula is C27H24ClN3O4. The first-order valence-electron chi connectivity index (χ1n) is 11.2. The van der Waals surface area contributed by atoms with Crippen LogP contribution in [-0.2, 0) is 13.1 Å². The Morgan fingerprint density at radius 1 is 1.03 bits per heavy atom. The van der Waals surface area contributed by atoms with Gasteiger partial charge in [0.1, 0.15) is 0 Å². The number of fused-ring (bicyclic) bond motifs is 2. The molecule has 178 valence electrons. The molecule has 0 saturated heterocycles. The second-order valence-electron chi connectivity index (χ2n) is 8.58. The van der Waals surface area contributed by atoms with Gasteiger partial charge in [0.25, 0.3) is 5.56 Å². The first-order valence-corrected chi connectivity index (χ1v) is 11.6. The minimum atomic E-state index is -0.357. The topological polar surface area (TPSA) is 83.7 Å². The van der Waals surface area contributed by atoms with E-state index < -0.39 is 0 Å². The van der Waals surface area contributed by atoms with Gasteiger partial charge in [-0.05, 0) is 72.3 Å². The van der Waals surface area contributed by atoms with Crippen LogP contribution in [0.4, 0.5) is 10.5 Å². The first-order chi connectivity index (χ1) is 16.9. The van der Waals surface area contributed by atoms with E-state index in [1.807, 2.05) is 50.2 Å². The average molecular weight is 490 g/mol. The summed E-state index contributed by atoms with van der Waals surface area (Å²) in [5.74, 6) is 1.30. The lowest BCUT2D eigenvalue weighted by molar-refractivity contribution is 0.174. The minimum Gasteiger partial charge on any atom is -0.454 e. The number of aromatic nitrogens is 1. The first kappa shape index (κ1) is 22.8. The molecule has 0 unspecified atom stereocenters. The standard InChI is InChI=1S/C27H24ClN3O4/c1-16-6-8-19-11-20(26(32)30-25(19)17(16)2)14-31(27(33)29-22-5-3-4-21(28)12-22)13-18-7-9-23-24(10-18)35-15-34-23/h3-12H,13-15H2,1-2H3,(H,29,33)(H,30,32). The number of hydrogen-bond acceptors (Lipinski definition) is 4. The summed E-state index contributed by atoms with van der Waals surface area (Å²) in [5.41, 5.74) is 4.62. The fourth-order valence-electron chi connectivity index (χ4n) is 4.12. The van der Waals surface area contributed by atoms with Crippen LogP contribution in [0.25, 0.3) is 10.9 Å². The Kier molecular flexibility index (Phi) is 6.09. The van der Waals surface area contributed by atoms with Crippen LogP contribution in [0.2, 0.25) is 5.02 Å². The number of anilines is 1. The Balaban J connectivity index is 1.48. The van der Waals surface area contributed by atoms with Crippen molar-refractivity contribution in [2.75, 3.05) is 12.1 Å². The van der Waals surface area contributed by atoms with Crippen molar-refractivity contribution in [3.05, 3.63) is 98.3 Å². The molecular weight excluding hydrogens is 466 g/mol. The predicted molar refractivity (Wildman–Crippen MR) is 136 cm³/mol. The highest BCUT2D eigenvalue weighted by molar-refractivity contribution is 6.30. The number of rotatable bonds is 5. The summed E-state index contributed by atoms with van der Waals surface area (Å²) in [6, 6.07) is 18.0. The van der Waals surface area contributed by atoms with Crippen molar-refractivity contribution in [1.82, 2.24) is 9.88 Å². The van der Waals surface area contributed by atoms with Gasteiger partial charge in [0.15, 0.2) is 11.5 Å². The van der Waals surface area contributed by atoms with Crippen LogP contribution in [0.3, 0.4) is 0 Å². The van der Waals surface area contributed by atoms with E-state index in [9.17, 15) is 9.59 Å². The number of pyridine rings is 1. The molecule has 0 radical (unpaired) electrons. The number of carbonyl (C=O) groups excluding carboxylic acids is 1. The average Bonchev–Trinajstić information content (AvgIpc) is 3.30. The molecule has 2 amide bonds. The number of ether oxygens (including phenoxy) is 2. The van der Waals surface area contributed by atoms with Crippen molar-refractivity contribution >= 4 is 34.2 Å². The SMILES string of the molecule is Cc1ccc2cc(CN(Cc3ccc4c(c3)OCO4)C(=O)Nc3cccc(Cl)c3)c(=O)[nH]c2c1C. The van der Waals surface area contributed by atoms with Gasteiger partial charge in [-0.15, -0.1) is 0 Å². The molecule has 8 heteroatoms. The molecule has 1 aromatic heterocycles. The van der Waals surface area contributed by atoms with Gasteiger partial charge >= 0.3 is 6.03 Å². The third-order valence-corrected chi connectivity index (χ3v) is 6.40. The van der Waals surface area contributed by atoms with Gasteiger partial charge in [0.05, 0.1) is 12.1 Å². The second kappa shape index (κ2) is 9.35. The number of benzene rings is 3. The van der Waals surface area contributed by atoms with Crippen molar-refractivity contribution in [1.29, 1.82) is 0 Å². The Morgan fingerprint density at radius 2 is 1.86 bits per heavy atom. The van der Waals surface area contributed by atoms with Crippen LogP contribution in [0.15, 0.2) is 65.5 Å². The van der Waals surface area contributed by atoms with Gasteiger partial charge in [0.2, 0.25) is 6.79 Å². The molecule has 5 rings (SSSR count). The van der Waals surface area contributed by atoms with Crippen LogP contribution in [-0.4, -0.2) is 22.7 Å². The zero-order chi connectivity index (χ0) is 24.5. The molecule has 0 spiro atoms. The molecule has 0 aliphatic carbocycles. The Labute approximate surface area is 207 Å². The second-order valence-corrected chi connectivity index (χ2v) is 9.02. The highest BCUT2D eigenvalue weighted by Gasteiger charge is 2.20. The highest BCUT2D eigenvalue weighted by Crippen LogP contribution is 2.33. The zero-order valence-electron chi connectivity index (χ0n) is 19.4. The molecule has 1 aliphatic heterocycles. The molecule has 0 saturated carbocycles. The number of nitrogens with zero attached hydrogens (tertiary/aromatic N) is 1. The summed E-state index contributed by atoms with van der Waals surface area (Å²) in [6.45, 7) is 4.53. The highest BCUT2D eigenvalue weighted by atomic mass is 35.5. The monoisotopic (exact) mass is 489 g/mol. The largest absolute Gasteiger partial charge is 0.454 e. The number of nitrogens with one attached hydrogen (secondary N) is 2. The maximum Gasteiger partial charge on any atom is 0.322 e. The van der Waals surface area contributed by atoms with E-state index in [-0.39, 0.29) is 31.5 Å². The molecule has 1 aliphatic rings. The van der Waals surface area contributed by atoms with Gasteiger partial charge in [-0.25, -0.2) is 4.79 Å². The predicted octanol–water partition coefficient (Wildman–Crippen LogP) is 5.76. The quantitative estimate of drug-likeness (QED) is 0.373. The number of carbonyl (C=O) groups is 1. The summed E-state index contributed by atoms with van der Waals surface area (Å²) in [4.78, 5) is 30.9. The number of urea groups is 1. The van der Waals surface area contributed by atoms with Crippen molar-refractivity contribution in [2.45, 2.75) is 26.9 Å².